The number of rotatable bonds is 2. The molecule has 0 fully saturated rings. The molecule has 0 bridgehead atoms. The molecule has 0 saturated carbocycles. The molecule has 0 unspecified atom stereocenters. The maximum absolute atomic E-state index is 5.94. The van der Waals surface area contributed by atoms with Gasteiger partial charge in [0.2, 0.25) is 0 Å². The van der Waals surface area contributed by atoms with Crippen LogP contribution in [-0.4, -0.2) is 0 Å². The van der Waals surface area contributed by atoms with Gasteiger partial charge in [-0.3, -0.25) is 0 Å². The van der Waals surface area contributed by atoms with Crippen LogP contribution < -0.4 is 22.9 Å². The third kappa shape index (κ3) is 2.10. The number of nitrogens with two attached hydrogens (primary N) is 4. The first-order valence-corrected chi connectivity index (χ1v) is 5.35. The van der Waals surface area contributed by atoms with Crippen molar-refractivity contribution in [1.29, 1.82) is 0 Å². The lowest BCUT2D eigenvalue weighted by Gasteiger charge is -2.11. The summed E-state index contributed by atoms with van der Waals surface area (Å²) in [4.78, 5) is 0. The average molecular weight is 228 g/mol. The number of nitrogen functional groups attached to an aromatic ring is 4. The van der Waals surface area contributed by atoms with Crippen molar-refractivity contribution in [1.82, 2.24) is 0 Å². The van der Waals surface area contributed by atoms with E-state index in [-0.39, 0.29) is 0 Å². The Labute approximate surface area is 100 Å². The lowest BCUT2D eigenvalue weighted by atomic mass is 10.0. The highest BCUT2D eigenvalue weighted by Crippen LogP contribution is 2.28. The first kappa shape index (κ1) is 11.1. The monoisotopic (exact) mass is 228 g/mol. The maximum Gasteiger partial charge on any atom is 0.0784 e. The van der Waals surface area contributed by atoms with Crippen molar-refractivity contribution >= 4 is 22.7 Å². The van der Waals surface area contributed by atoms with E-state index in [9.17, 15) is 0 Å². The van der Waals surface area contributed by atoms with E-state index < -0.39 is 0 Å². The molecule has 0 heterocycles. The fourth-order valence-corrected chi connectivity index (χ4v) is 1.75. The Kier molecular flexibility index (Phi) is 2.78. The second kappa shape index (κ2) is 4.25. The van der Waals surface area contributed by atoms with E-state index in [4.69, 9.17) is 22.9 Å². The number of benzene rings is 2. The predicted molar refractivity (Wildman–Crippen MR) is 73.3 cm³/mol. The highest BCUT2D eigenvalue weighted by atomic mass is 14.7. The summed E-state index contributed by atoms with van der Waals surface area (Å²) in [5.41, 5.74) is 27.5. The number of hydrogen-bond donors (Lipinski definition) is 4. The number of hydrogen-bond acceptors (Lipinski definition) is 4. The second-order valence-corrected chi connectivity index (χ2v) is 4.02. The van der Waals surface area contributed by atoms with E-state index in [1.807, 2.05) is 30.3 Å². The molecule has 8 N–H and O–H groups in total. The first-order valence-electron chi connectivity index (χ1n) is 5.35. The van der Waals surface area contributed by atoms with Crippen LogP contribution in [0.5, 0.6) is 0 Å². The van der Waals surface area contributed by atoms with Crippen molar-refractivity contribution in [3.63, 3.8) is 0 Å². The topological polar surface area (TPSA) is 104 Å². The summed E-state index contributed by atoms with van der Waals surface area (Å²) in [6.07, 6.45) is 0.656. The molecule has 0 atom stereocenters. The quantitative estimate of drug-likeness (QED) is 0.586. The molecular weight excluding hydrogens is 212 g/mol. The third-order valence-electron chi connectivity index (χ3n) is 2.85. The Bertz CT molecular complexity index is 549. The fourth-order valence-electron chi connectivity index (χ4n) is 1.75. The van der Waals surface area contributed by atoms with Gasteiger partial charge in [-0.2, -0.15) is 0 Å². The summed E-state index contributed by atoms with van der Waals surface area (Å²) in [6, 6.07) is 11.3. The van der Waals surface area contributed by atoms with Gasteiger partial charge >= 0.3 is 0 Å². The average Bonchev–Trinajstić information content (AvgIpc) is 2.32. The normalized spacial score (nSPS) is 10.4. The molecule has 0 amide bonds. The molecule has 4 nitrogen and oxygen atoms in total. The molecule has 88 valence electrons. The van der Waals surface area contributed by atoms with Crippen molar-refractivity contribution in [2.24, 2.45) is 0 Å². The number of para-hydroxylation sites is 1. The summed E-state index contributed by atoms with van der Waals surface area (Å²) in [7, 11) is 0. The van der Waals surface area contributed by atoms with Gasteiger partial charge in [0.15, 0.2) is 0 Å². The molecule has 0 aromatic heterocycles. The van der Waals surface area contributed by atoms with Crippen molar-refractivity contribution < 1.29 is 0 Å². The Balaban J connectivity index is 2.38. The van der Waals surface area contributed by atoms with Gasteiger partial charge in [-0.15, -0.1) is 0 Å². The molecular formula is C13H16N4. The van der Waals surface area contributed by atoms with E-state index >= 15 is 0 Å². The molecule has 0 spiro atoms. The van der Waals surface area contributed by atoms with Crippen molar-refractivity contribution in [3.8, 4) is 0 Å². The van der Waals surface area contributed by atoms with Gasteiger partial charge in [0.1, 0.15) is 0 Å². The van der Waals surface area contributed by atoms with E-state index in [2.05, 4.69) is 0 Å². The molecule has 0 aliphatic carbocycles. The summed E-state index contributed by atoms with van der Waals surface area (Å²) < 4.78 is 0. The van der Waals surface area contributed by atoms with E-state index in [0.29, 0.717) is 23.5 Å². The maximum atomic E-state index is 5.94. The zero-order valence-electron chi connectivity index (χ0n) is 9.48. The molecule has 0 saturated heterocycles. The predicted octanol–water partition coefficient (Wildman–Crippen LogP) is 1.61. The molecule has 17 heavy (non-hydrogen) atoms. The fraction of sp³-hybridized carbons (Fsp3) is 0.0769. The minimum Gasteiger partial charge on any atom is -0.398 e. The van der Waals surface area contributed by atoms with E-state index in [0.717, 1.165) is 16.8 Å². The van der Waals surface area contributed by atoms with Gasteiger partial charge in [0.25, 0.3) is 0 Å². The van der Waals surface area contributed by atoms with Gasteiger partial charge in [-0.25, -0.2) is 0 Å². The van der Waals surface area contributed by atoms with Gasteiger partial charge in [0.05, 0.1) is 17.1 Å². The summed E-state index contributed by atoms with van der Waals surface area (Å²) in [6.45, 7) is 0. The smallest absolute Gasteiger partial charge is 0.0784 e. The van der Waals surface area contributed by atoms with Crippen LogP contribution >= 0.6 is 0 Å². The van der Waals surface area contributed by atoms with Crippen molar-refractivity contribution in [3.05, 3.63) is 47.5 Å². The van der Waals surface area contributed by atoms with Crippen LogP contribution in [0.4, 0.5) is 22.7 Å². The van der Waals surface area contributed by atoms with Crippen LogP contribution in [-0.2, 0) is 6.42 Å². The molecule has 4 heteroatoms. The van der Waals surface area contributed by atoms with Crippen molar-refractivity contribution in [2.45, 2.75) is 6.42 Å². The second-order valence-electron chi connectivity index (χ2n) is 4.02. The van der Waals surface area contributed by atoms with Crippen LogP contribution in [0.25, 0.3) is 0 Å². The standard InChI is InChI=1S/C13H16N4/c14-10-4-2-1-3-8(10)7-9-5-6-11(15)13(17)12(9)16/h1-6H,7,14-17H2. The summed E-state index contributed by atoms with van der Waals surface area (Å²) >= 11 is 0. The SMILES string of the molecule is Nc1ccccc1Cc1ccc(N)c(N)c1N. The highest BCUT2D eigenvalue weighted by Gasteiger charge is 2.07. The van der Waals surface area contributed by atoms with Gasteiger partial charge in [0, 0.05) is 12.1 Å². The number of anilines is 4. The van der Waals surface area contributed by atoms with Gasteiger partial charge < -0.3 is 22.9 Å². The lowest BCUT2D eigenvalue weighted by Crippen LogP contribution is -2.05. The molecule has 0 aliphatic rings. The zero-order valence-corrected chi connectivity index (χ0v) is 9.48. The largest absolute Gasteiger partial charge is 0.398 e. The van der Waals surface area contributed by atoms with E-state index in [1.54, 1.807) is 6.07 Å². The zero-order chi connectivity index (χ0) is 12.4. The molecule has 2 aromatic rings. The molecule has 2 aromatic carbocycles. The van der Waals surface area contributed by atoms with Crippen LogP contribution in [0.15, 0.2) is 36.4 Å². The Hall–Kier alpha value is -2.36. The highest BCUT2D eigenvalue weighted by molar-refractivity contribution is 5.80. The molecule has 0 aliphatic heterocycles. The minimum absolute atomic E-state index is 0.442. The van der Waals surface area contributed by atoms with Gasteiger partial charge in [-0.1, -0.05) is 24.3 Å². The lowest BCUT2D eigenvalue weighted by molar-refractivity contribution is 1.20. The summed E-state index contributed by atoms with van der Waals surface area (Å²) in [5.74, 6) is 0. The minimum atomic E-state index is 0.442. The van der Waals surface area contributed by atoms with Crippen LogP contribution in [0.3, 0.4) is 0 Å². The first-order chi connectivity index (χ1) is 8.09. The summed E-state index contributed by atoms with van der Waals surface area (Å²) in [5, 5.41) is 0. The van der Waals surface area contributed by atoms with E-state index in [1.165, 1.54) is 0 Å². The van der Waals surface area contributed by atoms with Crippen LogP contribution in [0, 0.1) is 0 Å². The van der Waals surface area contributed by atoms with Crippen LogP contribution in [0.1, 0.15) is 11.1 Å². The van der Waals surface area contributed by atoms with Crippen molar-refractivity contribution in [2.75, 3.05) is 22.9 Å². The third-order valence-corrected chi connectivity index (χ3v) is 2.85. The Morgan fingerprint density at radius 1 is 0.647 bits per heavy atom. The Morgan fingerprint density at radius 3 is 2.06 bits per heavy atom. The Morgan fingerprint density at radius 2 is 1.35 bits per heavy atom. The van der Waals surface area contributed by atoms with Crippen LogP contribution in [0.2, 0.25) is 0 Å². The molecule has 0 radical (unpaired) electrons. The molecule has 2 rings (SSSR count). The van der Waals surface area contributed by atoms with Gasteiger partial charge in [-0.05, 0) is 23.3 Å².